The number of hydrogen-bond acceptors (Lipinski definition) is 2. The van der Waals surface area contributed by atoms with E-state index in [1.54, 1.807) is 0 Å². The van der Waals surface area contributed by atoms with Crippen LogP contribution < -0.4 is 4.74 Å². The second-order valence-corrected chi connectivity index (χ2v) is 4.92. The Morgan fingerprint density at radius 3 is 2.50 bits per heavy atom. The third-order valence-corrected chi connectivity index (χ3v) is 2.96. The standard InChI is InChI=1S/C12H13ClF2O3/c1-12(2,11(16)17)5-6-4-7(14)8(13)9(15)10(6)18-3/h4H,5H2,1-3H3,(H,16,17). The molecule has 18 heavy (non-hydrogen) atoms. The molecule has 6 heteroatoms. The van der Waals surface area contributed by atoms with E-state index in [-0.39, 0.29) is 17.7 Å². The molecule has 1 N–H and O–H groups in total. The lowest BCUT2D eigenvalue weighted by Crippen LogP contribution is -2.26. The second-order valence-electron chi connectivity index (χ2n) is 4.54. The quantitative estimate of drug-likeness (QED) is 0.860. The minimum Gasteiger partial charge on any atom is -0.493 e. The molecule has 0 atom stereocenters. The molecule has 1 rings (SSSR count). The minimum absolute atomic E-state index is 0.0729. The number of ether oxygens (including phenoxy) is 1. The topological polar surface area (TPSA) is 46.5 Å². The van der Waals surface area contributed by atoms with Crippen LogP contribution in [0.3, 0.4) is 0 Å². The van der Waals surface area contributed by atoms with Gasteiger partial charge in [0.15, 0.2) is 11.6 Å². The molecule has 0 aliphatic heterocycles. The molecule has 1 aromatic rings. The Labute approximate surface area is 108 Å². The first-order chi connectivity index (χ1) is 8.20. The summed E-state index contributed by atoms with van der Waals surface area (Å²) in [6.07, 6.45) is -0.0729. The van der Waals surface area contributed by atoms with Crippen molar-refractivity contribution in [1.29, 1.82) is 0 Å². The number of benzene rings is 1. The molecular formula is C12H13ClF2O3. The predicted octanol–water partition coefficient (Wildman–Crippen LogP) is 3.28. The van der Waals surface area contributed by atoms with E-state index >= 15 is 0 Å². The van der Waals surface area contributed by atoms with Crippen molar-refractivity contribution >= 4 is 17.6 Å². The van der Waals surface area contributed by atoms with Crippen LogP contribution in [-0.4, -0.2) is 18.2 Å². The maximum Gasteiger partial charge on any atom is 0.309 e. The first-order valence-corrected chi connectivity index (χ1v) is 5.52. The Bertz CT molecular complexity index is 487. The molecule has 0 aromatic heterocycles. The van der Waals surface area contributed by atoms with Crippen LogP contribution in [0.1, 0.15) is 19.4 Å². The predicted molar refractivity (Wildman–Crippen MR) is 63.0 cm³/mol. The molecule has 0 fully saturated rings. The van der Waals surface area contributed by atoms with Gasteiger partial charge in [0.2, 0.25) is 0 Å². The first-order valence-electron chi connectivity index (χ1n) is 5.14. The lowest BCUT2D eigenvalue weighted by molar-refractivity contribution is -0.146. The molecule has 0 saturated heterocycles. The molecular weight excluding hydrogens is 266 g/mol. The van der Waals surface area contributed by atoms with Crippen LogP contribution in [-0.2, 0) is 11.2 Å². The van der Waals surface area contributed by atoms with E-state index in [0.717, 1.165) is 6.07 Å². The molecule has 0 spiro atoms. The van der Waals surface area contributed by atoms with E-state index in [0.29, 0.717) is 0 Å². The molecule has 0 bridgehead atoms. The van der Waals surface area contributed by atoms with E-state index < -0.39 is 28.0 Å². The van der Waals surface area contributed by atoms with Crippen molar-refractivity contribution in [3.05, 3.63) is 28.3 Å². The Morgan fingerprint density at radius 2 is 2.06 bits per heavy atom. The van der Waals surface area contributed by atoms with E-state index in [1.165, 1.54) is 21.0 Å². The zero-order valence-electron chi connectivity index (χ0n) is 10.2. The van der Waals surface area contributed by atoms with Gasteiger partial charge >= 0.3 is 5.97 Å². The van der Waals surface area contributed by atoms with Gasteiger partial charge in [0, 0.05) is 5.56 Å². The number of aliphatic carboxylic acids is 1. The fourth-order valence-corrected chi connectivity index (χ4v) is 1.67. The van der Waals surface area contributed by atoms with Crippen LogP contribution in [0.4, 0.5) is 8.78 Å². The minimum atomic E-state index is -1.17. The normalized spacial score (nSPS) is 11.4. The largest absolute Gasteiger partial charge is 0.493 e. The van der Waals surface area contributed by atoms with Crippen LogP contribution in [0.15, 0.2) is 6.07 Å². The third kappa shape index (κ3) is 2.72. The van der Waals surface area contributed by atoms with Crippen LogP contribution in [0.2, 0.25) is 5.02 Å². The summed E-state index contributed by atoms with van der Waals surface area (Å²) in [4.78, 5) is 11.0. The average molecular weight is 279 g/mol. The maximum atomic E-state index is 13.7. The maximum absolute atomic E-state index is 13.7. The third-order valence-electron chi connectivity index (χ3n) is 2.61. The van der Waals surface area contributed by atoms with Crippen LogP contribution >= 0.6 is 11.6 Å². The van der Waals surface area contributed by atoms with Crippen molar-refractivity contribution in [3.8, 4) is 5.75 Å². The van der Waals surface area contributed by atoms with Gasteiger partial charge < -0.3 is 9.84 Å². The highest BCUT2D eigenvalue weighted by molar-refractivity contribution is 6.31. The Morgan fingerprint density at radius 1 is 1.50 bits per heavy atom. The summed E-state index contributed by atoms with van der Waals surface area (Å²) in [5, 5.41) is 8.34. The molecule has 3 nitrogen and oxygen atoms in total. The molecule has 0 radical (unpaired) electrons. The van der Waals surface area contributed by atoms with E-state index in [4.69, 9.17) is 21.4 Å². The van der Waals surface area contributed by atoms with Gasteiger partial charge in [-0.2, -0.15) is 0 Å². The number of halogens is 3. The van der Waals surface area contributed by atoms with Crippen LogP contribution in [0.25, 0.3) is 0 Å². The number of carboxylic acids is 1. The first kappa shape index (κ1) is 14.7. The highest BCUT2D eigenvalue weighted by Gasteiger charge is 2.30. The molecule has 0 aliphatic carbocycles. The number of hydrogen-bond donors (Lipinski definition) is 1. The number of carboxylic acid groups (broad SMARTS) is 1. The molecule has 0 saturated carbocycles. The van der Waals surface area contributed by atoms with Gasteiger partial charge in [0.1, 0.15) is 10.8 Å². The van der Waals surface area contributed by atoms with Crippen LogP contribution in [0, 0.1) is 17.0 Å². The van der Waals surface area contributed by atoms with Gasteiger partial charge in [-0.1, -0.05) is 11.6 Å². The van der Waals surface area contributed by atoms with Gasteiger partial charge in [0.25, 0.3) is 0 Å². The number of rotatable bonds is 4. The van der Waals surface area contributed by atoms with Gasteiger partial charge in [-0.3, -0.25) is 4.79 Å². The van der Waals surface area contributed by atoms with Crippen molar-refractivity contribution in [3.63, 3.8) is 0 Å². The summed E-state index contributed by atoms with van der Waals surface area (Å²) in [6, 6.07) is 0.995. The number of carbonyl (C=O) groups is 1. The lowest BCUT2D eigenvalue weighted by Gasteiger charge is -2.21. The Balaban J connectivity index is 3.29. The molecule has 1 aromatic carbocycles. The highest BCUT2D eigenvalue weighted by Crippen LogP contribution is 2.35. The van der Waals surface area contributed by atoms with Crippen molar-refractivity contribution in [2.75, 3.05) is 7.11 Å². The Kier molecular flexibility index (Phi) is 4.16. The highest BCUT2D eigenvalue weighted by atomic mass is 35.5. The molecule has 100 valence electrons. The summed E-state index contributed by atoms with van der Waals surface area (Å²) in [7, 11) is 1.21. The smallest absolute Gasteiger partial charge is 0.309 e. The van der Waals surface area contributed by atoms with E-state index in [1.807, 2.05) is 0 Å². The average Bonchev–Trinajstić information content (AvgIpc) is 2.26. The molecule has 0 unspecified atom stereocenters. The van der Waals surface area contributed by atoms with E-state index in [9.17, 15) is 13.6 Å². The summed E-state index contributed by atoms with van der Waals surface area (Å²) in [6.45, 7) is 2.92. The second kappa shape index (κ2) is 5.10. The fourth-order valence-electron chi connectivity index (χ4n) is 1.53. The summed E-state index contributed by atoms with van der Waals surface area (Å²) in [5.74, 6) is -3.25. The van der Waals surface area contributed by atoms with Gasteiger partial charge in [-0.25, -0.2) is 8.78 Å². The molecule has 0 aliphatic rings. The van der Waals surface area contributed by atoms with Gasteiger partial charge in [0.05, 0.1) is 12.5 Å². The molecule has 0 amide bonds. The van der Waals surface area contributed by atoms with Gasteiger partial charge in [-0.15, -0.1) is 0 Å². The van der Waals surface area contributed by atoms with E-state index in [2.05, 4.69) is 0 Å². The zero-order valence-corrected chi connectivity index (χ0v) is 10.9. The number of methoxy groups -OCH3 is 1. The van der Waals surface area contributed by atoms with Crippen molar-refractivity contribution in [2.45, 2.75) is 20.3 Å². The van der Waals surface area contributed by atoms with Crippen LogP contribution in [0.5, 0.6) is 5.75 Å². The Hall–Kier alpha value is -1.36. The summed E-state index contributed by atoms with van der Waals surface area (Å²) < 4.78 is 31.8. The van der Waals surface area contributed by atoms with Crippen molar-refractivity contribution in [2.24, 2.45) is 5.41 Å². The van der Waals surface area contributed by atoms with Gasteiger partial charge in [-0.05, 0) is 26.3 Å². The molecule has 0 heterocycles. The lowest BCUT2D eigenvalue weighted by atomic mass is 9.85. The van der Waals surface area contributed by atoms with Crippen molar-refractivity contribution in [1.82, 2.24) is 0 Å². The fraction of sp³-hybridized carbons (Fsp3) is 0.417. The zero-order chi connectivity index (χ0) is 14.1. The monoisotopic (exact) mass is 278 g/mol. The SMILES string of the molecule is COc1c(CC(C)(C)C(=O)O)cc(F)c(Cl)c1F. The summed E-state index contributed by atoms with van der Waals surface area (Å²) >= 11 is 5.42. The summed E-state index contributed by atoms with van der Waals surface area (Å²) in [5.41, 5.74) is -1.04. The van der Waals surface area contributed by atoms with Crippen molar-refractivity contribution < 1.29 is 23.4 Å².